The summed E-state index contributed by atoms with van der Waals surface area (Å²) in [6, 6.07) is 15.6. The maximum atomic E-state index is 13.9. The molecule has 1 aliphatic carbocycles. The highest BCUT2D eigenvalue weighted by Crippen LogP contribution is 2.54. The monoisotopic (exact) mass is 448 g/mol. The van der Waals surface area contributed by atoms with Crippen LogP contribution in [0.5, 0.6) is 0 Å². The van der Waals surface area contributed by atoms with Crippen LogP contribution in [0.4, 0.5) is 0 Å². The van der Waals surface area contributed by atoms with Crippen molar-refractivity contribution in [2.24, 2.45) is 5.92 Å². The smallest absolute Gasteiger partial charge is 0.199 e. The standard InChI is InChI=1S/C23H28O5S2/c1-5-28-22(3,4)21-17-23(16-18(21)2,29(24,25)19-12-8-6-9-13-19)30(26,27)20-14-10-7-11-15-20/h6-15,21H,2,5,16-17H2,1,3-4H3. The summed E-state index contributed by atoms with van der Waals surface area (Å²) in [5.41, 5.74) is -0.168. The molecule has 2 aromatic rings. The highest BCUT2D eigenvalue weighted by Gasteiger charge is 2.62. The van der Waals surface area contributed by atoms with Gasteiger partial charge in [-0.25, -0.2) is 16.8 Å². The van der Waals surface area contributed by atoms with Gasteiger partial charge in [-0.2, -0.15) is 0 Å². The lowest BCUT2D eigenvalue weighted by Gasteiger charge is -2.34. The third-order valence-electron chi connectivity index (χ3n) is 5.95. The number of benzene rings is 2. The van der Waals surface area contributed by atoms with Crippen LogP contribution in [0.15, 0.2) is 82.6 Å². The van der Waals surface area contributed by atoms with Crippen molar-refractivity contribution in [3.8, 4) is 0 Å². The molecule has 0 aliphatic heterocycles. The van der Waals surface area contributed by atoms with Gasteiger partial charge in [0.05, 0.1) is 15.4 Å². The Kier molecular flexibility index (Phi) is 6.02. The molecule has 1 fully saturated rings. The van der Waals surface area contributed by atoms with Gasteiger partial charge in [-0.3, -0.25) is 0 Å². The minimum Gasteiger partial charge on any atom is -0.375 e. The summed E-state index contributed by atoms with van der Waals surface area (Å²) in [5, 5.41) is 0. The van der Waals surface area contributed by atoms with Gasteiger partial charge in [0, 0.05) is 18.9 Å². The van der Waals surface area contributed by atoms with E-state index in [-0.39, 0.29) is 22.6 Å². The molecule has 1 atom stereocenters. The second kappa shape index (κ2) is 7.94. The lowest BCUT2D eigenvalue weighted by Crippen LogP contribution is -2.45. The number of ether oxygens (including phenoxy) is 1. The topological polar surface area (TPSA) is 77.5 Å². The van der Waals surface area contributed by atoms with Crippen molar-refractivity contribution >= 4 is 19.7 Å². The van der Waals surface area contributed by atoms with Gasteiger partial charge in [-0.15, -0.1) is 0 Å². The van der Waals surface area contributed by atoms with Crippen LogP contribution < -0.4 is 0 Å². The number of rotatable bonds is 7. The molecule has 0 amide bonds. The van der Waals surface area contributed by atoms with E-state index in [1.165, 1.54) is 24.3 Å². The van der Waals surface area contributed by atoms with Crippen LogP contribution in [0.25, 0.3) is 0 Å². The van der Waals surface area contributed by atoms with Crippen LogP contribution in [-0.4, -0.2) is 33.1 Å². The van der Waals surface area contributed by atoms with Crippen molar-refractivity contribution in [1.82, 2.24) is 0 Å². The van der Waals surface area contributed by atoms with Gasteiger partial charge in [-0.1, -0.05) is 48.6 Å². The van der Waals surface area contributed by atoms with Crippen molar-refractivity contribution in [2.75, 3.05) is 6.61 Å². The molecule has 0 aromatic heterocycles. The van der Waals surface area contributed by atoms with Gasteiger partial charge < -0.3 is 4.74 Å². The Morgan fingerprint density at radius 1 is 0.933 bits per heavy atom. The van der Waals surface area contributed by atoms with E-state index >= 15 is 0 Å². The fraction of sp³-hybridized carbons (Fsp3) is 0.391. The SMILES string of the molecule is C=C1CC(S(=O)(=O)c2ccccc2)(S(=O)(=O)c2ccccc2)CC1C(C)(C)OCC. The molecule has 5 nitrogen and oxygen atoms in total. The summed E-state index contributed by atoms with van der Waals surface area (Å²) in [7, 11) is -8.50. The number of hydrogen-bond acceptors (Lipinski definition) is 5. The van der Waals surface area contributed by atoms with Crippen LogP contribution in [0.2, 0.25) is 0 Å². The predicted octanol–water partition coefficient (Wildman–Crippen LogP) is 4.41. The summed E-state index contributed by atoms with van der Waals surface area (Å²) >= 11 is 0. The molecule has 0 radical (unpaired) electrons. The third-order valence-corrected chi connectivity index (χ3v) is 11.6. The molecule has 0 saturated heterocycles. The first-order valence-electron chi connectivity index (χ1n) is 9.90. The Labute approximate surface area is 179 Å². The summed E-state index contributed by atoms with van der Waals surface area (Å²) in [6.07, 6.45) is -0.268. The molecule has 30 heavy (non-hydrogen) atoms. The fourth-order valence-corrected chi connectivity index (χ4v) is 9.54. The van der Waals surface area contributed by atoms with E-state index in [0.717, 1.165) is 0 Å². The normalized spacial score (nSPS) is 19.7. The Hall–Kier alpha value is -1.96. The molecule has 3 rings (SSSR count). The minimum atomic E-state index is -4.25. The molecule has 0 N–H and O–H groups in total. The zero-order valence-corrected chi connectivity index (χ0v) is 19.2. The Bertz CT molecular complexity index is 1050. The average Bonchev–Trinajstić information content (AvgIpc) is 3.10. The summed E-state index contributed by atoms with van der Waals surface area (Å²) in [4.78, 5) is -0.0145. The zero-order valence-electron chi connectivity index (χ0n) is 17.5. The maximum absolute atomic E-state index is 13.9. The number of hydrogen-bond donors (Lipinski definition) is 0. The lowest BCUT2D eigenvalue weighted by molar-refractivity contribution is -0.0421. The average molecular weight is 449 g/mol. The third kappa shape index (κ3) is 3.53. The molecule has 1 unspecified atom stereocenters. The predicted molar refractivity (Wildman–Crippen MR) is 118 cm³/mol. The first-order chi connectivity index (χ1) is 14.0. The molecule has 0 spiro atoms. The molecule has 0 heterocycles. The molecule has 1 aliphatic rings. The summed E-state index contributed by atoms with van der Waals surface area (Å²) < 4.78 is 59.4. The zero-order chi connectivity index (χ0) is 22.2. The largest absolute Gasteiger partial charge is 0.375 e. The second-order valence-electron chi connectivity index (χ2n) is 8.17. The van der Waals surface area contributed by atoms with E-state index in [9.17, 15) is 16.8 Å². The molecule has 162 valence electrons. The lowest BCUT2D eigenvalue weighted by atomic mass is 9.87. The van der Waals surface area contributed by atoms with E-state index < -0.39 is 35.3 Å². The Morgan fingerprint density at radius 2 is 1.37 bits per heavy atom. The molecular formula is C23H28O5S2. The van der Waals surface area contributed by atoms with E-state index in [2.05, 4.69) is 6.58 Å². The minimum absolute atomic E-state index is 0.00725. The van der Waals surface area contributed by atoms with Crippen molar-refractivity contribution < 1.29 is 21.6 Å². The van der Waals surface area contributed by atoms with Gasteiger partial charge in [0.1, 0.15) is 0 Å². The molecule has 1 saturated carbocycles. The van der Waals surface area contributed by atoms with Crippen LogP contribution in [0, 0.1) is 5.92 Å². The summed E-state index contributed by atoms with van der Waals surface area (Å²) in [6.45, 7) is 10.1. The van der Waals surface area contributed by atoms with E-state index in [1.54, 1.807) is 36.4 Å². The fourth-order valence-electron chi connectivity index (χ4n) is 4.39. The molecule has 2 aromatic carbocycles. The number of sulfone groups is 2. The quantitative estimate of drug-likeness (QED) is 0.586. The second-order valence-corrected chi connectivity index (χ2v) is 12.9. The van der Waals surface area contributed by atoms with Gasteiger partial charge in [0.2, 0.25) is 0 Å². The van der Waals surface area contributed by atoms with Crippen molar-refractivity contribution in [1.29, 1.82) is 0 Å². The Morgan fingerprint density at radius 3 is 1.77 bits per heavy atom. The van der Waals surface area contributed by atoms with Crippen LogP contribution in [0.1, 0.15) is 33.6 Å². The van der Waals surface area contributed by atoms with Gasteiger partial charge in [-0.05, 0) is 51.5 Å². The maximum Gasteiger partial charge on any atom is 0.199 e. The highest BCUT2D eigenvalue weighted by atomic mass is 32.3. The first-order valence-corrected chi connectivity index (χ1v) is 12.9. The van der Waals surface area contributed by atoms with E-state index in [1.807, 2.05) is 20.8 Å². The van der Waals surface area contributed by atoms with Crippen molar-refractivity contribution in [2.45, 2.75) is 53.1 Å². The summed E-state index contributed by atoms with van der Waals surface area (Å²) in [5.74, 6) is -0.422. The molecule has 0 bridgehead atoms. The molecule has 7 heteroatoms. The highest BCUT2D eigenvalue weighted by molar-refractivity contribution is 8.10. The Balaban J connectivity index is 2.26. The molecular weight excluding hydrogens is 420 g/mol. The van der Waals surface area contributed by atoms with Crippen LogP contribution >= 0.6 is 0 Å². The van der Waals surface area contributed by atoms with Crippen molar-refractivity contribution in [3.05, 3.63) is 72.8 Å². The van der Waals surface area contributed by atoms with Gasteiger partial charge >= 0.3 is 0 Å². The van der Waals surface area contributed by atoms with Crippen LogP contribution in [-0.2, 0) is 24.4 Å². The van der Waals surface area contributed by atoms with Gasteiger partial charge in [0.15, 0.2) is 23.8 Å². The van der Waals surface area contributed by atoms with Gasteiger partial charge in [0.25, 0.3) is 0 Å². The van der Waals surface area contributed by atoms with E-state index in [0.29, 0.717) is 12.2 Å². The van der Waals surface area contributed by atoms with Crippen LogP contribution in [0.3, 0.4) is 0 Å². The van der Waals surface area contributed by atoms with E-state index in [4.69, 9.17) is 4.74 Å². The van der Waals surface area contributed by atoms with Crippen molar-refractivity contribution in [3.63, 3.8) is 0 Å². The first kappa shape index (κ1) is 22.7.